The summed E-state index contributed by atoms with van der Waals surface area (Å²) in [5, 5.41) is 4.25. The fourth-order valence-electron chi connectivity index (χ4n) is 2.05. The maximum atomic E-state index is 12.0. The van der Waals surface area contributed by atoms with Crippen LogP contribution in [0, 0.1) is 0 Å². The minimum Gasteiger partial charge on any atom is -0.466 e. The zero-order valence-corrected chi connectivity index (χ0v) is 11.6. The molecule has 0 saturated carbocycles. The van der Waals surface area contributed by atoms with E-state index in [1.165, 1.54) is 9.08 Å². The molecule has 0 unspecified atom stereocenters. The Morgan fingerprint density at radius 2 is 2.15 bits per heavy atom. The molecule has 0 bridgehead atoms. The van der Waals surface area contributed by atoms with Gasteiger partial charge < -0.3 is 4.74 Å². The van der Waals surface area contributed by atoms with Crippen LogP contribution in [0.5, 0.6) is 0 Å². The average molecular weight is 277 g/mol. The summed E-state index contributed by atoms with van der Waals surface area (Å²) in [7, 11) is 0. The molecule has 20 heavy (non-hydrogen) atoms. The molecular weight excluding hydrogens is 258 g/mol. The SMILES string of the molecule is CCOC(=O)CCCCCn1nc2ccccn2c1=O. The van der Waals surface area contributed by atoms with Crippen molar-refractivity contribution in [2.24, 2.45) is 0 Å². The number of unbranched alkanes of at least 4 members (excludes halogenated alkanes) is 2. The lowest BCUT2D eigenvalue weighted by Crippen LogP contribution is -2.21. The maximum absolute atomic E-state index is 12.0. The van der Waals surface area contributed by atoms with Gasteiger partial charge in [0, 0.05) is 19.2 Å². The standard InChI is InChI=1S/C14H19N3O3/c1-2-20-13(18)9-4-3-6-11-17-14(19)16-10-7-5-8-12(16)15-17/h5,7-8,10H,2-4,6,9,11H2,1H3. The van der Waals surface area contributed by atoms with Crippen molar-refractivity contribution in [2.45, 2.75) is 39.2 Å². The van der Waals surface area contributed by atoms with Crippen LogP contribution in [-0.2, 0) is 16.1 Å². The van der Waals surface area contributed by atoms with E-state index < -0.39 is 0 Å². The normalized spacial score (nSPS) is 10.8. The monoisotopic (exact) mass is 277 g/mol. The number of carbonyl (C=O) groups is 1. The molecule has 2 aromatic rings. The summed E-state index contributed by atoms with van der Waals surface area (Å²) in [6.07, 6.45) is 4.62. The molecule has 108 valence electrons. The molecule has 0 amide bonds. The van der Waals surface area contributed by atoms with E-state index in [0.29, 0.717) is 25.2 Å². The zero-order valence-electron chi connectivity index (χ0n) is 11.6. The Morgan fingerprint density at radius 1 is 1.30 bits per heavy atom. The van der Waals surface area contributed by atoms with Gasteiger partial charge in [0.2, 0.25) is 0 Å². The number of hydrogen-bond acceptors (Lipinski definition) is 4. The number of nitrogens with zero attached hydrogens (tertiary/aromatic N) is 3. The first-order valence-corrected chi connectivity index (χ1v) is 6.92. The number of aryl methyl sites for hydroxylation is 1. The highest BCUT2D eigenvalue weighted by Gasteiger charge is 2.05. The Balaban J connectivity index is 1.80. The molecule has 0 aliphatic rings. The Hall–Kier alpha value is -2.11. The number of rotatable bonds is 7. The van der Waals surface area contributed by atoms with Crippen LogP contribution in [0.1, 0.15) is 32.6 Å². The van der Waals surface area contributed by atoms with E-state index in [4.69, 9.17) is 4.74 Å². The van der Waals surface area contributed by atoms with Gasteiger partial charge in [-0.3, -0.25) is 9.20 Å². The lowest BCUT2D eigenvalue weighted by atomic mass is 10.2. The fraction of sp³-hybridized carbons (Fsp3) is 0.500. The van der Waals surface area contributed by atoms with Crippen LogP contribution in [0.4, 0.5) is 0 Å². The smallest absolute Gasteiger partial charge is 0.350 e. The van der Waals surface area contributed by atoms with Crippen LogP contribution < -0.4 is 5.69 Å². The topological polar surface area (TPSA) is 65.6 Å². The molecule has 0 radical (unpaired) electrons. The molecule has 0 saturated heterocycles. The van der Waals surface area contributed by atoms with Crippen molar-refractivity contribution in [3.63, 3.8) is 0 Å². The number of aromatic nitrogens is 3. The van der Waals surface area contributed by atoms with Gasteiger partial charge in [-0.2, -0.15) is 0 Å². The summed E-state index contributed by atoms with van der Waals surface area (Å²) >= 11 is 0. The third kappa shape index (κ3) is 3.46. The lowest BCUT2D eigenvalue weighted by molar-refractivity contribution is -0.143. The fourth-order valence-corrected chi connectivity index (χ4v) is 2.05. The highest BCUT2D eigenvalue weighted by molar-refractivity contribution is 5.69. The summed E-state index contributed by atoms with van der Waals surface area (Å²) in [5.74, 6) is -0.155. The van der Waals surface area contributed by atoms with Gasteiger partial charge in [-0.15, -0.1) is 5.10 Å². The van der Waals surface area contributed by atoms with Gasteiger partial charge in [0.05, 0.1) is 6.61 Å². The molecule has 0 fully saturated rings. The van der Waals surface area contributed by atoms with Gasteiger partial charge in [-0.1, -0.05) is 12.5 Å². The van der Waals surface area contributed by atoms with Gasteiger partial charge in [-0.05, 0) is 31.9 Å². The third-order valence-corrected chi connectivity index (χ3v) is 3.04. The highest BCUT2D eigenvalue weighted by Crippen LogP contribution is 2.03. The van der Waals surface area contributed by atoms with E-state index >= 15 is 0 Å². The molecule has 6 nitrogen and oxygen atoms in total. The highest BCUT2D eigenvalue weighted by atomic mass is 16.5. The molecule has 2 rings (SSSR count). The zero-order chi connectivity index (χ0) is 14.4. The predicted molar refractivity (Wildman–Crippen MR) is 74.6 cm³/mol. The Morgan fingerprint density at radius 3 is 2.90 bits per heavy atom. The van der Waals surface area contributed by atoms with Crippen LogP contribution in [0.3, 0.4) is 0 Å². The molecular formula is C14H19N3O3. The summed E-state index contributed by atoms with van der Waals surface area (Å²) in [6, 6.07) is 5.46. The molecule has 2 aromatic heterocycles. The molecule has 0 aliphatic heterocycles. The summed E-state index contributed by atoms with van der Waals surface area (Å²) in [4.78, 5) is 23.1. The molecule has 0 spiro atoms. The quantitative estimate of drug-likeness (QED) is 0.570. The largest absolute Gasteiger partial charge is 0.466 e. The van der Waals surface area contributed by atoms with Crippen molar-refractivity contribution in [3.05, 3.63) is 34.9 Å². The third-order valence-electron chi connectivity index (χ3n) is 3.04. The van der Waals surface area contributed by atoms with Gasteiger partial charge in [-0.25, -0.2) is 9.48 Å². The molecule has 0 atom stereocenters. The molecule has 0 aromatic carbocycles. The first-order chi connectivity index (χ1) is 9.72. The molecule has 6 heteroatoms. The number of hydrogen-bond donors (Lipinski definition) is 0. The predicted octanol–water partition coefficient (Wildman–Crippen LogP) is 1.62. The second-order valence-electron chi connectivity index (χ2n) is 4.55. The van der Waals surface area contributed by atoms with Gasteiger partial charge >= 0.3 is 11.7 Å². The Bertz CT molecular complexity index is 630. The molecule has 2 heterocycles. The van der Waals surface area contributed by atoms with E-state index in [9.17, 15) is 9.59 Å². The van der Waals surface area contributed by atoms with E-state index in [2.05, 4.69) is 5.10 Å². The minimum absolute atomic E-state index is 0.119. The first kappa shape index (κ1) is 14.3. The van der Waals surface area contributed by atoms with E-state index in [1.807, 2.05) is 6.07 Å². The van der Waals surface area contributed by atoms with E-state index in [0.717, 1.165) is 19.3 Å². The average Bonchev–Trinajstić information content (AvgIpc) is 2.76. The van der Waals surface area contributed by atoms with Crippen molar-refractivity contribution >= 4 is 11.6 Å². The summed E-state index contributed by atoms with van der Waals surface area (Å²) in [5.41, 5.74) is 0.537. The summed E-state index contributed by atoms with van der Waals surface area (Å²) < 4.78 is 7.85. The Labute approximate surface area is 117 Å². The van der Waals surface area contributed by atoms with Crippen molar-refractivity contribution < 1.29 is 9.53 Å². The minimum atomic E-state index is -0.155. The van der Waals surface area contributed by atoms with Crippen molar-refractivity contribution in [2.75, 3.05) is 6.61 Å². The van der Waals surface area contributed by atoms with Gasteiger partial charge in [0.25, 0.3) is 0 Å². The van der Waals surface area contributed by atoms with Crippen LogP contribution in [-0.4, -0.2) is 26.8 Å². The van der Waals surface area contributed by atoms with Crippen LogP contribution in [0.25, 0.3) is 5.65 Å². The number of ether oxygens (including phenoxy) is 1. The number of pyridine rings is 1. The number of carbonyl (C=O) groups excluding carboxylic acids is 1. The maximum Gasteiger partial charge on any atom is 0.350 e. The number of fused-ring (bicyclic) bond motifs is 1. The van der Waals surface area contributed by atoms with E-state index in [1.54, 1.807) is 25.3 Å². The Kier molecular flexibility index (Phi) is 4.92. The van der Waals surface area contributed by atoms with Crippen LogP contribution in [0.2, 0.25) is 0 Å². The molecule has 0 aliphatic carbocycles. The van der Waals surface area contributed by atoms with Crippen molar-refractivity contribution in [3.8, 4) is 0 Å². The summed E-state index contributed by atoms with van der Waals surface area (Å²) in [6.45, 7) is 2.80. The first-order valence-electron chi connectivity index (χ1n) is 6.92. The molecule has 0 N–H and O–H groups in total. The second kappa shape index (κ2) is 6.88. The van der Waals surface area contributed by atoms with Crippen LogP contribution >= 0.6 is 0 Å². The van der Waals surface area contributed by atoms with Crippen molar-refractivity contribution in [1.29, 1.82) is 0 Å². The van der Waals surface area contributed by atoms with Gasteiger partial charge in [0.1, 0.15) is 0 Å². The second-order valence-corrected chi connectivity index (χ2v) is 4.55. The van der Waals surface area contributed by atoms with Gasteiger partial charge in [0.15, 0.2) is 5.65 Å². The van der Waals surface area contributed by atoms with Crippen LogP contribution in [0.15, 0.2) is 29.2 Å². The van der Waals surface area contributed by atoms with Crippen molar-refractivity contribution in [1.82, 2.24) is 14.2 Å². The lowest BCUT2D eigenvalue weighted by Gasteiger charge is -2.01. The number of esters is 1. The van der Waals surface area contributed by atoms with E-state index in [-0.39, 0.29) is 11.7 Å².